The lowest BCUT2D eigenvalue weighted by molar-refractivity contribution is -0.117. The lowest BCUT2D eigenvalue weighted by atomic mass is 10.2. The molecule has 4 heterocycles. The summed E-state index contributed by atoms with van der Waals surface area (Å²) >= 11 is 0. The van der Waals surface area contributed by atoms with Crippen molar-refractivity contribution < 1.29 is 14.3 Å². The molecule has 1 amide bonds. The highest BCUT2D eigenvalue weighted by atomic mass is 16.6. The van der Waals surface area contributed by atoms with Gasteiger partial charge in [-0.2, -0.15) is 5.10 Å². The van der Waals surface area contributed by atoms with Crippen LogP contribution in [0.5, 0.6) is 11.5 Å². The molecule has 0 saturated heterocycles. The Morgan fingerprint density at radius 2 is 1.97 bits per heavy atom. The molecular formula is C20H20N6O3. The van der Waals surface area contributed by atoms with Crippen molar-refractivity contribution in [2.45, 2.75) is 12.8 Å². The van der Waals surface area contributed by atoms with E-state index in [2.05, 4.69) is 21.0 Å². The molecule has 2 aliphatic rings. The van der Waals surface area contributed by atoms with E-state index < -0.39 is 5.91 Å². The highest BCUT2D eigenvalue weighted by Crippen LogP contribution is 2.34. The summed E-state index contributed by atoms with van der Waals surface area (Å²) in [7, 11) is 2.02. The molecule has 0 aliphatic carbocycles. The maximum Gasteiger partial charge on any atom is 0.225 e. The summed E-state index contributed by atoms with van der Waals surface area (Å²) in [4.78, 5) is 22.9. The summed E-state index contributed by atoms with van der Waals surface area (Å²) in [6, 6.07) is 9.56. The first-order chi connectivity index (χ1) is 14.1. The molecule has 2 N–H and O–H groups in total. The number of nitrogens with two attached hydrogens (primary N) is 1. The fourth-order valence-electron chi connectivity index (χ4n) is 3.62. The largest absolute Gasteiger partial charge is 0.486 e. The molecule has 29 heavy (non-hydrogen) atoms. The second kappa shape index (κ2) is 6.77. The number of carbonyl (C=O) groups excluding carboxylic acids is 1. The van der Waals surface area contributed by atoms with Crippen molar-refractivity contribution in [3.05, 3.63) is 41.7 Å². The third-order valence-corrected chi connectivity index (χ3v) is 5.02. The molecule has 5 rings (SSSR count). The van der Waals surface area contributed by atoms with Crippen molar-refractivity contribution >= 4 is 11.7 Å². The maximum absolute atomic E-state index is 11.4. The molecule has 2 aromatic heterocycles. The van der Waals surface area contributed by atoms with Crippen LogP contribution in [0.25, 0.3) is 17.2 Å². The average molecular weight is 392 g/mol. The quantitative estimate of drug-likeness (QED) is 0.709. The van der Waals surface area contributed by atoms with Gasteiger partial charge in [-0.1, -0.05) is 6.07 Å². The van der Waals surface area contributed by atoms with E-state index in [1.54, 1.807) is 4.68 Å². The van der Waals surface area contributed by atoms with Crippen molar-refractivity contribution in [3.63, 3.8) is 0 Å². The zero-order chi connectivity index (χ0) is 20.0. The average Bonchev–Trinajstić information content (AvgIpc) is 3.30. The second-order valence-electron chi connectivity index (χ2n) is 7.09. The predicted molar refractivity (Wildman–Crippen MR) is 105 cm³/mol. The van der Waals surface area contributed by atoms with Crippen LogP contribution in [0.2, 0.25) is 0 Å². The number of benzene rings is 1. The summed E-state index contributed by atoms with van der Waals surface area (Å²) in [5.41, 5.74) is 7.98. The number of fused-ring (bicyclic) bond motifs is 2. The van der Waals surface area contributed by atoms with Gasteiger partial charge < -0.3 is 20.1 Å². The van der Waals surface area contributed by atoms with Gasteiger partial charge in [-0.3, -0.25) is 4.79 Å². The summed E-state index contributed by atoms with van der Waals surface area (Å²) in [5.74, 6) is 2.68. The SMILES string of the molecule is CN1CCc2ccc(-c3nc(CC(N)=O)nn3-c3ccc4c(c3)OCCO4)nc21. The van der Waals surface area contributed by atoms with Gasteiger partial charge in [0.2, 0.25) is 5.91 Å². The highest BCUT2D eigenvalue weighted by Gasteiger charge is 2.22. The zero-order valence-corrected chi connectivity index (χ0v) is 16.0. The standard InChI is InChI=1S/C20H20N6O3/c1-25-7-6-12-2-4-14(22-19(12)25)20-23-18(11-17(21)27)24-26(20)13-3-5-15-16(10-13)29-9-8-28-15/h2-5,10H,6-9,11H2,1H3,(H2,21,27). The van der Waals surface area contributed by atoms with Gasteiger partial charge in [-0.05, 0) is 30.2 Å². The molecule has 0 atom stereocenters. The van der Waals surface area contributed by atoms with E-state index in [0.717, 1.165) is 24.5 Å². The Hall–Kier alpha value is -3.62. The molecule has 2 aliphatic heterocycles. The Labute approximate surface area is 167 Å². The number of nitrogens with zero attached hydrogens (tertiary/aromatic N) is 5. The number of pyridine rings is 1. The molecule has 9 nitrogen and oxygen atoms in total. The van der Waals surface area contributed by atoms with Crippen molar-refractivity contribution in [1.82, 2.24) is 19.7 Å². The van der Waals surface area contributed by atoms with E-state index in [4.69, 9.17) is 20.2 Å². The first-order valence-corrected chi connectivity index (χ1v) is 9.44. The number of rotatable bonds is 4. The van der Waals surface area contributed by atoms with E-state index in [9.17, 15) is 4.79 Å². The summed E-state index contributed by atoms with van der Waals surface area (Å²) < 4.78 is 13.0. The molecule has 9 heteroatoms. The number of amides is 1. The van der Waals surface area contributed by atoms with Gasteiger partial charge >= 0.3 is 0 Å². The number of ether oxygens (including phenoxy) is 2. The van der Waals surface area contributed by atoms with Crippen LogP contribution in [0.1, 0.15) is 11.4 Å². The van der Waals surface area contributed by atoms with Crippen LogP contribution in [0, 0.1) is 0 Å². The van der Waals surface area contributed by atoms with E-state index >= 15 is 0 Å². The number of carbonyl (C=O) groups is 1. The van der Waals surface area contributed by atoms with Crippen LogP contribution >= 0.6 is 0 Å². The Balaban J connectivity index is 1.63. The number of anilines is 1. The van der Waals surface area contributed by atoms with Gasteiger partial charge in [0.05, 0.1) is 12.1 Å². The summed E-state index contributed by atoms with van der Waals surface area (Å²) in [5, 5.41) is 4.51. The van der Waals surface area contributed by atoms with Crippen LogP contribution in [-0.2, 0) is 17.6 Å². The second-order valence-corrected chi connectivity index (χ2v) is 7.09. The lowest BCUT2D eigenvalue weighted by Crippen LogP contribution is -2.16. The van der Waals surface area contributed by atoms with Crippen molar-refractivity contribution in [3.8, 4) is 28.7 Å². The Morgan fingerprint density at radius 1 is 1.14 bits per heavy atom. The molecule has 148 valence electrons. The third kappa shape index (κ3) is 3.14. The smallest absolute Gasteiger partial charge is 0.225 e. The first kappa shape index (κ1) is 17.5. The summed E-state index contributed by atoms with van der Waals surface area (Å²) in [6.45, 7) is 1.95. The van der Waals surface area contributed by atoms with Gasteiger partial charge in [0.25, 0.3) is 0 Å². The molecule has 0 bridgehead atoms. The zero-order valence-electron chi connectivity index (χ0n) is 16.0. The fourth-order valence-corrected chi connectivity index (χ4v) is 3.62. The molecule has 0 spiro atoms. The van der Waals surface area contributed by atoms with Crippen LogP contribution in [0.3, 0.4) is 0 Å². The van der Waals surface area contributed by atoms with Gasteiger partial charge in [-0.25, -0.2) is 14.6 Å². The van der Waals surface area contributed by atoms with Crippen LogP contribution in [-0.4, -0.2) is 52.5 Å². The number of hydrogen-bond acceptors (Lipinski definition) is 7. The van der Waals surface area contributed by atoms with Gasteiger partial charge in [0.15, 0.2) is 23.1 Å². The van der Waals surface area contributed by atoms with Crippen molar-refractivity contribution in [2.24, 2.45) is 5.73 Å². The van der Waals surface area contributed by atoms with E-state index in [-0.39, 0.29) is 6.42 Å². The number of aromatic nitrogens is 4. The lowest BCUT2D eigenvalue weighted by Gasteiger charge is -2.19. The Kier molecular flexibility index (Phi) is 4.08. The van der Waals surface area contributed by atoms with Gasteiger partial charge in [0.1, 0.15) is 24.7 Å². The number of likely N-dealkylation sites (N-methyl/N-ethyl adjacent to an activating group) is 1. The van der Waals surface area contributed by atoms with E-state index in [1.807, 2.05) is 31.3 Å². The molecule has 3 aromatic rings. The van der Waals surface area contributed by atoms with E-state index in [0.29, 0.717) is 42.1 Å². The molecule has 0 saturated carbocycles. The maximum atomic E-state index is 11.4. The molecule has 0 fully saturated rings. The van der Waals surface area contributed by atoms with Crippen molar-refractivity contribution in [2.75, 3.05) is 31.7 Å². The van der Waals surface area contributed by atoms with E-state index in [1.165, 1.54) is 5.56 Å². The van der Waals surface area contributed by atoms with Crippen LogP contribution in [0.15, 0.2) is 30.3 Å². The minimum atomic E-state index is -0.488. The normalized spacial score (nSPS) is 14.7. The minimum absolute atomic E-state index is 0.0462. The molecule has 0 radical (unpaired) electrons. The van der Waals surface area contributed by atoms with Crippen molar-refractivity contribution in [1.29, 1.82) is 0 Å². The molecule has 1 aromatic carbocycles. The monoisotopic (exact) mass is 392 g/mol. The highest BCUT2D eigenvalue weighted by molar-refractivity contribution is 5.76. The topological polar surface area (TPSA) is 108 Å². The fraction of sp³-hybridized carbons (Fsp3) is 0.300. The van der Waals surface area contributed by atoms with Gasteiger partial charge in [-0.15, -0.1) is 0 Å². The molecule has 0 unspecified atom stereocenters. The van der Waals surface area contributed by atoms with Gasteiger partial charge in [0, 0.05) is 19.7 Å². The predicted octanol–water partition coefficient (Wildman–Crippen LogP) is 1.12. The van der Waals surface area contributed by atoms with Crippen LogP contribution < -0.4 is 20.1 Å². The third-order valence-electron chi connectivity index (χ3n) is 5.02. The summed E-state index contributed by atoms with van der Waals surface area (Å²) in [6.07, 6.45) is 0.927. The minimum Gasteiger partial charge on any atom is -0.486 e. The Morgan fingerprint density at radius 3 is 2.79 bits per heavy atom. The van der Waals surface area contributed by atoms with Crippen LogP contribution in [0.4, 0.5) is 5.82 Å². The number of primary amides is 1. The molecular weight excluding hydrogens is 372 g/mol. The number of hydrogen-bond donors (Lipinski definition) is 1. The first-order valence-electron chi connectivity index (χ1n) is 9.44. The Bertz CT molecular complexity index is 1110.